The lowest BCUT2D eigenvalue weighted by atomic mass is 9.61. The average Bonchev–Trinajstić information content (AvgIpc) is 2.22. The molecule has 1 aliphatic carbocycles. The number of hydrogen-bond acceptors (Lipinski definition) is 0. The van der Waals surface area contributed by atoms with Gasteiger partial charge in [-0.2, -0.15) is 0 Å². The zero-order valence-electron chi connectivity index (χ0n) is 14.1. The Hall–Kier alpha value is -0.780. The second-order valence-electron chi connectivity index (χ2n) is 8.68. The summed E-state index contributed by atoms with van der Waals surface area (Å²) in [4.78, 5) is 0. The van der Waals surface area contributed by atoms with Crippen molar-refractivity contribution in [1.29, 1.82) is 0 Å². The summed E-state index contributed by atoms with van der Waals surface area (Å²) in [5.74, 6) is 0. The van der Waals surface area contributed by atoms with E-state index in [1.165, 1.54) is 24.0 Å². The van der Waals surface area contributed by atoms with Crippen molar-refractivity contribution in [2.75, 3.05) is 0 Å². The normalized spacial score (nSPS) is 21.1. The molecule has 1 aromatic rings. The summed E-state index contributed by atoms with van der Waals surface area (Å²) in [6.45, 7) is 18.9. The van der Waals surface area contributed by atoms with E-state index in [0.717, 1.165) is 0 Å². The molecule has 106 valence electrons. The highest BCUT2D eigenvalue weighted by Crippen LogP contribution is 2.48. The second kappa shape index (κ2) is 4.11. The summed E-state index contributed by atoms with van der Waals surface area (Å²) < 4.78 is 0. The van der Waals surface area contributed by atoms with Gasteiger partial charge in [0.15, 0.2) is 0 Å². The van der Waals surface area contributed by atoms with Gasteiger partial charge in [-0.3, -0.25) is 0 Å². The highest BCUT2D eigenvalue weighted by atomic mass is 14.4. The second-order valence-corrected chi connectivity index (χ2v) is 8.68. The Morgan fingerprint density at radius 3 is 1.95 bits per heavy atom. The maximum absolute atomic E-state index is 2.42. The van der Waals surface area contributed by atoms with Gasteiger partial charge in [-0.25, -0.2) is 0 Å². The highest BCUT2D eigenvalue weighted by molar-refractivity contribution is 5.51. The first kappa shape index (κ1) is 14.6. The lowest BCUT2D eigenvalue weighted by Crippen LogP contribution is -2.35. The summed E-state index contributed by atoms with van der Waals surface area (Å²) in [6.07, 6.45) is 2.59. The minimum atomic E-state index is 0.233. The van der Waals surface area contributed by atoms with Crippen LogP contribution in [0, 0.1) is 6.92 Å². The average molecular weight is 258 g/mol. The lowest BCUT2D eigenvalue weighted by Gasteiger charge is -2.44. The zero-order valence-corrected chi connectivity index (χ0v) is 14.1. The summed E-state index contributed by atoms with van der Waals surface area (Å²) in [6, 6.07) is 4.78. The molecule has 0 heterocycles. The molecule has 0 amide bonds. The van der Waals surface area contributed by atoms with E-state index in [-0.39, 0.29) is 5.41 Å². The van der Waals surface area contributed by atoms with Gasteiger partial charge < -0.3 is 0 Å². The molecular weight excluding hydrogens is 228 g/mol. The molecule has 0 unspecified atom stereocenters. The van der Waals surface area contributed by atoms with E-state index in [2.05, 4.69) is 67.5 Å². The van der Waals surface area contributed by atoms with Gasteiger partial charge in [0.25, 0.3) is 0 Å². The van der Waals surface area contributed by atoms with Crippen LogP contribution in [-0.2, 0) is 16.2 Å². The van der Waals surface area contributed by atoms with Crippen LogP contribution in [0.2, 0.25) is 0 Å². The maximum atomic E-state index is 2.42. The van der Waals surface area contributed by atoms with Gasteiger partial charge in [-0.15, -0.1) is 0 Å². The molecule has 0 saturated carbocycles. The van der Waals surface area contributed by atoms with E-state index in [4.69, 9.17) is 0 Å². The van der Waals surface area contributed by atoms with E-state index in [0.29, 0.717) is 10.8 Å². The van der Waals surface area contributed by atoms with Crippen LogP contribution in [0.25, 0.3) is 0 Å². The maximum Gasteiger partial charge on any atom is -0.00976 e. The molecule has 0 bridgehead atoms. The number of benzene rings is 1. The molecule has 0 atom stereocenters. The van der Waals surface area contributed by atoms with Gasteiger partial charge in [0.1, 0.15) is 0 Å². The quantitative estimate of drug-likeness (QED) is 0.565. The summed E-state index contributed by atoms with van der Waals surface area (Å²) in [7, 11) is 0. The smallest absolute Gasteiger partial charge is 0.00976 e. The van der Waals surface area contributed by atoms with Crippen molar-refractivity contribution >= 4 is 0 Å². The monoisotopic (exact) mass is 258 g/mol. The molecular formula is C19H30. The third-order valence-electron chi connectivity index (χ3n) is 5.05. The molecule has 0 saturated heterocycles. The Morgan fingerprint density at radius 1 is 0.895 bits per heavy atom. The van der Waals surface area contributed by atoms with Crippen LogP contribution in [0.5, 0.6) is 0 Å². The first-order valence-electron chi connectivity index (χ1n) is 7.62. The SMILES string of the molecule is Cc1c(C(C)(C)C)ccc2c1C(C)(C)CCC2(C)C. The molecule has 2 rings (SSSR count). The minimum Gasteiger partial charge on any atom is -0.0579 e. The van der Waals surface area contributed by atoms with Gasteiger partial charge in [-0.05, 0) is 58.3 Å². The molecule has 0 aromatic heterocycles. The topological polar surface area (TPSA) is 0 Å². The van der Waals surface area contributed by atoms with Crippen LogP contribution in [0.4, 0.5) is 0 Å². The van der Waals surface area contributed by atoms with E-state index in [1.54, 1.807) is 11.1 Å². The number of rotatable bonds is 0. The third kappa shape index (κ3) is 2.35. The van der Waals surface area contributed by atoms with Crippen LogP contribution in [0.15, 0.2) is 12.1 Å². The fourth-order valence-electron chi connectivity index (χ4n) is 3.84. The van der Waals surface area contributed by atoms with Gasteiger partial charge in [0.05, 0.1) is 0 Å². The minimum absolute atomic E-state index is 0.233. The number of fused-ring (bicyclic) bond motifs is 1. The van der Waals surface area contributed by atoms with E-state index >= 15 is 0 Å². The van der Waals surface area contributed by atoms with Crippen LogP contribution >= 0.6 is 0 Å². The zero-order chi connectivity index (χ0) is 14.6. The lowest BCUT2D eigenvalue weighted by molar-refractivity contribution is 0.329. The van der Waals surface area contributed by atoms with Crippen molar-refractivity contribution in [2.24, 2.45) is 0 Å². The van der Waals surface area contributed by atoms with Gasteiger partial charge >= 0.3 is 0 Å². The van der Waals surface area contributed by atoms with Crippen molar-refractivity contribution in [3.63, 3.8) is 0 Å². The Morgan fingerprint density at radius 2 is 1.42 bits per heavy atom. The van der Waals surface area contributed by atoms with Crippen molar-refractivity contribution in [1.82, 2.24) is 0 Å². The Bertz CT molecular complexity index is 496. The van der Waals surface area contributed by atoms with Gasteiger partial charge in [-0.1, -0.05) is 60.6 Å². The largest absolute Gasteiger partial charge is 0.0579 e. The van der Waals surface area contributed by atoms with Gasteiger partial charge in [0.2, 0.25) is 0 Å². The molecule has 0 fully saturated rings. The van der Waals surface area contributed by atoms with E-state index in [1.807, 2.05) is 0 Å². The van der Waals surface area contributed by atoms with Crippen LogP contribution in [-0.4, -0.2) is 0 Å². The predicted molar refractivity (Wildman–Crippen MR) is 85.2 cm³/mol. The summed E-state index contributed by atoms with van der Waals surface area (Å²) in [5.41, 5.74) is 7.11. The standard InChI is InChI=1S/C19H30/c1-13-14(17(2,3)4)9-10-15-16(13)19(7,8)12-11-18(15,5)6/h9-10H,11-12H2,1-8H3. The summed E-state index contributed by atoms with van der Waals surface area (Å²) >= 11 is 0. The van der Waals surface area contributed by atoms with Crippen molar-refractivity contribution in [3.8, 4) is 0 Å². The first-order chi connectivity index (χ1) is 8.47. The molecule has 0 nitrogen and oxygen atoms in total. The third-order valence-corrected chi connectivity index (χ3v) is 5.05. The van der Waals surface area contributed by atoms with Crippen molar-refractivity contribution < 1.29 is 0 Å². The molecule has 0 spiro atoms. The van der Waals surface area contributed by atoms with Crippen LogP contribution in [0.3, 0.4) is 0 Å². The van der Waals surface area contributed by atoms with Crippen LogP contribution < -0.4 is 0 Å². The van der Waals surface area contributed by atoms with Crippen molar-refractivity contribution in [2.45, 2.75) is 84.5 Å². The van der Waals surface area contributed by atoms with Crippen molar-refractivity contribution in [3.05, 3.63) is 34.4 Å². The van der Waals surface area contributed by atoms with Crippen LogP contribution in [0.1, 0.15) is 83.6 Å². The molecule has 0 aliphatic heterocycles. The fourth-order valence-corrected chi connectivity index (χ4v) is 3.84. The van der Waals surface area contributed by atoms with Gasteiger partial charge in [0, 0.05) is 0 Å². The molecule has 0 radical (unpaired) electrons. The first-order valence-corrected chi connectivity index (χ1v) is 7.62. The van der Waals surface area contributed by atoms with E-state index < -0.39 is 0 Å². The molecule has 1 aromatic carbocycles. The summed E-state index contributed by atoms with van der Waals surface area (Å²) in [5, 5.41) is 0. The number of hydrogen-bond donors (Lipinski definition) is 0. The predicted octanol–water partition coefficient (Wildman–Crippen LogP) is 5.64. The highest BCUT2D eigenvalue weighted by Gasteiger charge is 2.39. The van der Waals surface area contributed by atoms with E-state index in [9.17, 15) is 0 Å². The molecule has 1 aliphatic rings. The Labute approximate surface area is 119 Å². The fraction of sp³-hybridized carbons (Fsp3) is 0.684. The Kier molecular flexibility index (Phi) is 3.16. The molecule has 0 heteroatoms. The molecule has 0 N–H and O–H groups in total. The molecule has 19 heavy (non-hydrogen) atoms. The Balaban J connectivity index is 2.76.